The zero-order valence-electron chi connectivity index (χ0n) is 27.2. The van der Waals surface area contributed by atoms with Gasteiger partial charge in [-0.2, -0.15) is 0 Å². The van der Waals surface area contributed by atoms with Crippen molar-refractivity contribution >= 4 is 29.3 Å². The Kier molecular flexibility index (Phi) is 10.4. The molecule has 11 heteroatoms. The van der Waals surface area contributed by atoms with E-state index in [-0.39, 0.29) is 30.0 Å². The summed E-state index contributed by atoms with van der Waals surface area (Å²) in [5.74, 6) is -0.359. The third-order valence-corrected chi connectivity index (χ3v) is 7.93. The highest BCUT2D eigenvalue weighted by molar-refractivity contribution is 6.00. The van der Waals surface area contributed by atoms with Crippen molar-refractivity contribution in [3.8, 4) is 22.5 Å². The Morgan fingerprint density at radius 2 is 1.42 bits per heavy atom. The third kappa shape index (κ3) is 8.77. The van der Waals surface area contributed by atoms with Gasteiger partial charge in [-0.05, 0) is 58.6 Å². The van der Waals surface area contributed by atoms with E-state index >= 15 is 0 Å². The number of rotatable bonds is 12. The van der Waals surface area contributed by atoms with E-state index in [1.54, 1.807) is 0 Å². The van der Waals surface area contributed by atoms with Crippen LogP contribution in [0.3, 0.4) is 0 Å². The third-order valence-electron chi connectivity index (χ3n) is 7.93. The number of nitrogens with zero attached hydrogens (tertiary/aromatic N) is 4. The lowest BCUT2D eigenvalue weighted by molar-refractivity contribution is -0.123. The first-order valence-corrected chi connectivity index (χ1v) is 15.5. The minimum Gasteiger partial charge on any atom is -0.356 e. The number of carbonyl (C=O) groups excluding carboxylic acids is 4. The average Bonchev–Trinajstić information content (AvgIpc) is 3.37. The van der Waals surface area contributed by atoms with Crippen LogP contribution in [-0.2, 0) is 32.3 Å². The molecule has 0 spiro atoms. The molecule has 240 valence electrons. The van der Waals surface area contributed by atoms with Crippen LogP contribution >= 0.6 is 0 Å². The van der Waals surface area contributed by atoms with Crippen molar-refractivity contribution in [2.24, 2.45) is 0 Å². The quantitative estimate of drug-likeness (QED) is 0.259. The van der Waals surface area contributed by atoms with E-state index in [4.69, 9.17) is 0 Å². The lowest BCUT2D eigenvalue weighted by atomic mass is 9.94. The van der Waals surface area contributed by atoms with Crippen LogP contribution < -0.4 is 20.9 Å². The number of anilines is 1. The van der Waals surface area contributed by atoms with E-state index in [0.29, 0.717) is 45.3 Å². The van der Waals surface area contributed by atoms with Gasteiger partial charge in [0.05, 0.1) is 17.9 Å². The number of benzene rings is 2. The van der Waals surface area contributed by atoms with Crippen LogP contribution in [-0.4, -0.2) is 56.2 Å². The minimum absolute atomic E-state index is 0.0393. The number of fused-ring (bicyclic) bond motifs is 5. The Morgan fingerprint density at radius 1 is 0.822 bits per heavy atom. The molecule has 4 amide bonds. The molecule has 0 bridgehead atoms. The van der Waals surface area contributed by atoms with Gasteiger partial charge >= 0.3 is 0 Å². The molecular formula is C34H45N7O4. The minimum atomic E-state index is -0.519. The van der Waals surface area contributed by atoms with E-state index < -0.39 is 11.1 Å². The van der Waals surface area contributed by atoms with Gasteiger partial charge < -0.3 is 20.9 Å². The van der Waals surface area contributed by atoms with Crippen LogP contribution in [0.5, 0.6) is 0 Å². The molecule has 0 radical (unpaired) electrons. The highest BCUT2D eigenvalue weighted by Crippen LogP contribution is 2.41. The molecule has 3 aromatic rings. The molecule has 11 nitrogen and oxygen atoms in total. The zero-order chi connectivity index (χ0) is 32.8. The summed E-state index contributed by atoms with van der Waals surface area (Å²) in [4.78, 5) is 51.3. The van der Waals surface area contributed by atoms with Crippen LogP contribution in [0.1, 0.15) is 79.2 Å². The molecule has 0 unspecified atom stereocenters. The molecule has 1 aliphatic heterocycles. The van der Waals surface area contributed by atoms with Crippen LogP contribution in [0, 0.1) is 0 Å². The van der Waals surface area contributed by atoms with Gasteiger partial charge in [0.2, 0.25) is 23.6 Å². The molecule has 45 heavy (non-hydrogen) atoms. The molecule has 2 aromatic carbocycles. The van der Waals surface area contributed by atoms with Gasteiger partial charge in [-0.1, -0.05) is 47.7 Å². The van der Waals surface area contributed by atoms with Crippen molar-refractivity contribution < 1.29 is 19.2 Å². The van der Waals surface area contributed by atoms with Crippen molar-refractivity contribution in [1.82, 2.24) is 30.9 Å². The second-order valence-electron chi connectivity index (χ2n) is 13.0. The molecule has 3 N–H and O–H groups in total. The maximum absolute atomic E-state index is 13.9. The number of nitrogens with one attached hydrogen (secondary N) is 3. The van der Waals surface area contributed by atoms with Gasteiger partial charge in [-0.25, -0.2) is 4.68 Å². The Bertz CT molecular complexity index is 1560. The number of amides is 4. The second kappa shape index (κ2) is 14.0. The Labute approximate surface area is 265 Å². The van der Waals surface area contributed by atoms with Crippen LogP contribution in [0.4, 0.5) is 5.69 Å². The summed E-state index contributed by atoms with van der Waals surface area (Å²) < 4.78 is 1.85. The van der Waals surface area contributed by atoms with E-state index in [1.165, 1.54) is 13.8 Å². The molecule has 4 rings (SSSR count). The summed E-state index contributed by atoms with van der Waals surface area (Å²) in [6.45, 7) is 11.9. The maximum Gasteiger partial charge on any atom is 0.227 e. The van der Waals surface area contributed by atoms with Gasteiger partial charge in [-0.3, -0.25) is 19.2 Å². The topological polar surface area (TPSA) is 138 Å². The van der Waals surface area contributed by atoms with E-state index in [0.717, 1.165) is 33.8 Å². The fourth-order valence-corrected chi connectivity index (χ4v) is 5.80. The number of hydrogen-bond acceptors (Lipinski definition) is 6. The highest BCUT2D eigenvalue weighted by Gasteiger charge is 2.30. The van der Waals surface area contributed by atoms with Crippen molar-refractivity contribution in [2.45, 2.75) is 97.8 Å². The van der Waals surface area contributed by atoms with Crippen LogP contribution in [0.15, 0.2) is 48.5 Å². The fourth-order valence-electron chi connectivity index (χ4n) is 5.80. The van der Waals surface area contributed by atoms with E-state index in [2.05, 4.69) is 26.3 Å². The first kappa shape index (κ1) is 33.4. The molecule has 1 aromatic heterocycles. The zero-order valence-corrected chi connectivity index (χ0v) is 27.2. The smallest absolute Gasteiger partial charge is 0.227 e. The van der Waals surface area contributed by atoms with Crippen LogP contribution in [0.2, 0.25) is 0 Å². The predicted octanol–water partition coefficient (Wildman–Crippen LogP) is 4.35. The van der Waals surface area contributed by atoms with Gasteiger partial charge in [0.25, 0.3) is 0 Å². The van der Waals surface area contributed by atoms with Crippen molar-refractivity contribution in [1.29, 1.82) is 0 Å². The number of aryl methyl sites for hydroxylation is 1. The molecule has 1 aliphatic rings. The SMILES string of the molecule is CC(=O)NC(C)(C)CCC(=O)NCCCn1nnc2c1-c1ccccc1N(C(=O)CCC(C)(C)NC(C)=O)Cc1ccccc1-2. The summed E-state index contributed by atoms with van der Waals surface area (Å²) >= 11 is 0. The first-order valence-electron chi connectivity index (χ1n) is 15.5. The monoisotopic (exact) mass is 615 g/mol. The summed E-state index contributed by atoms with van der Waals surface area (Å²) in [6.07, 6.45) is 2.22. The molecule has 0 atom stereocenters. The lowest BCUT2D eigenvalue weighted by Crippen LogP contribution is -2.43. The number of carbonyl (C=O) groups is 4. The Balaban J connectivity index is 1.54. The summed E-state index contributed by atoms with van der Waals surface area (Å²) in [5.41, 5.74) is 4.09. The largest absolute Gasteiger partial charge is 0.356 e. The number of hydrogen-bond donors (Lipinski definition) is 3. The molecule has 0 saturated heterocycles. The second-order valence-corrected chi connectivity index (χ2v) is 13.0. The Hall–Kier alpha value is -4.54. The van der Waals surface area contributed by atoms with Gasteiger partial charge in [0.15, 0.2) is 0 Å². The number of aromatic nitrogens is 3. The average molecular weight is 616 g/mol. The van der Waals surface area contributed by atoms with E-state index in [9.17, 15) is 19.2 Å². The fraction of sp³-hybridized carbons (Fsp3) is 0.471. The summed E-state index contributed by atoms with van der Waals surface area (Å²) in [5, 5.41) is 17.9. The van der Waals surface area contributed by atoms with Gasteiger partial charge in [0.1, 0.15) is 5.69 Å². The summed E-state index contributed by atoms with van der Waals surface area (Å²) in [6, 6.07) is 15.7. The van der Waals surface area contributed by atoms with Gasteiger partial charge in [-0.15, -0.1) is 5.10 Å². The predicted molar refractivity (Wildman–Crippen MR) is 174 cm³/mol. The highest BCUT2D eigenvalue weighted by atomic mass is 16.2. The Morgan fingerprint density at radius 3 is 2.09 bits per heavy atom. The molecule has 0 fully saturated rings. The van der Waals surface area contributed by atoms with Crippen LogP contribution in [0.25, 0.3) is 22.5 Å². The van der Waals surface area contributed by atoms with Crippen molar-refractivity contribution in [3.63, 3.8) is 0 Å². The summed E-state index contributed by atoms with van der Waals surface area (Å²) in [7, 11) is 0. The van der Waals surface area contributed by atoms with Gasteiger partial charge in [0, 0.05) is 62.0 Å². The normalized spacial score (nSPS) is 12.6. The molecular weight excluding hydrogens is 570 g/mol. The van der Waals surface area contributed by atoms with E-state index in [1.807, 2.05) is 85.8 Å². The molecule has 0 aliphatic carbocycles. The standard InChI is InChI=1S/C34H45N7O4/c1-23(42)36-33(3,4)18-16-29(44)35-20-11-21-41-32-27-14-9-10-15-28(27)40(30(45)17-19-34(5,6)37-24(2)43)22-25-12-7-8-13-26(25)31(32)38-39-41/h7-10,12-15H,11,16-22H2,1-6H3,(H,35,44)(H,36,42)(H,37,43). The first-order chi connectivity index (χ1) is 21.3. The number of para-hydroxylation sites is 1. The molecule has 0 saturated carbocycles. The molecule has 2 heterocycles. The van der Waals surface area contributed by atoms with Crippen molar-refractivity contribution in [3.05, 3.63) is 54.1 Å². The lowest BCUT2D eigenvalue weighted by Gasteiger charge is -2.31. The van der Waals surface area contributed by atoms with Crippen molar-refractivity contribution in [2.75, 3.05) is 11.4 Å². The maximum atomic E-state index is 13.9.